The maximum atomic E-state index is 12.7. The first-order valence-corrected chi connectivity index (χ1v) is 8.43. The minimum absolute atomic E-state index is 0. The van der Waals surface area contributed by atoms with Gasteiger partial charge in [-0.25, -0.2) is 0 Å². The lowest BCUT2D eigenvalue weighted by molar-refractivity contribution is 0.0742. The minimum Gasteiger partial charge on any atom is -0.336 e. The molecule has 2 atom stereocenters. The zero-order valence-corrected chi connectivity index (χ0v) is 14.7. The first kappa shape index (κ1) is 17.3. The number of nitrogens with one attached hydrogen (secondary N) is 2. The number of nitrogens with zero attached hydrogens (tertiary/aromatic N) is 2. The van der Waals surface area contributed by atoms with Crippen molar-refractivity contribution in [3.63, 3.8) is 0 Å². The summed E-state index contributed by atoms with van der Waals surface area (Å²) in [5.74, 6) is 0.0343. The van der Waals surface area contributed by atoms with E-state index in [9.17, 15) is 4.79 Å². The highest BCUT2D eigenvalue weighted by molar-refractivity contribution is 6.30. The highest BCUT2D eigenvalue weighted by atomic mass is 35.5. The fourth-order valence-corrected chi connectivity index (χ4v) is 3.62. The molecule has 2 aliphatic heterocycles. The normalized spacial score (nSPS) is 22.8. The zero-order valence-electron chi connectivity index (χ0n) is 13.2. The van der Waals surface area contributed by atoms with E-state index in [1.165, 1.54) is 6.42 Å². The fraction of sp³-hybridized carbons (Fsp3) is 0.412. The van der Waals surface area contributed by atoms with Crippen molar-refractivity contribution < 1.29 is 4.79 Å². The van der Waals surface area contributed by atoms with Crippen molar-refractivity contribution in [1.82, 2.24) is 20.4 Å². The van der Waals surface area contributed by atoms with Gasteiger partial charge in [-0.15, -0.1) is 12.4 Å². The van der Waals surface area contributed by atoms with Crippen molar-refractivity contribution in [3.8, 4) is 11.3 Å². The van der Waals surface area contributed by atoms with Crippen LogP contribution in [-0.4, -0.2) is 46.2 Å². The molecule has 128 valence electrons. The summed E-state index contributed by atoms with van der Waals surface area (Å²) in [4.78, 5) is 14.7. The second-order valence-corrected chi connectivity index (χ2v) is 6.79. The third kappa shape index (κ3) is 3.43. The highest BCUT2D eigenvalue weighted by Crippen LogP contribution is 2.23. The number of rotatable bonds is 2. The number of aromatic nitrogens is 2. The van der Waals surface area contributed by atoms with E-state index in [0.29, 0.717) is 22.8 Å². The fourth-order valence-electron chi connectivity index (χ4n) is 3.50. The molecule has 7 heteroatoms. The van der Waals surface area contributed by atoms with Crippen LogP contribution in [-0.2, 0) is 0 Å². The number of halogens is 2. The average molecular weight is 367 g/mol. The molecule has 2 bridgehead atoms. The van der Waals surface area contributed by atoms with Crippen LogP contribution in [0.5, 0.6) is 0 Å². The van der Waals surface area contributed by atoms with Gasteiger partial charge in [0, 0.05) is 35.8 Å². The van der Waals surface area contributed by atoms with E-state index in [1.54, 1.807) is 0 Å². The number of amides is 1. The van der Waals surface area contributed by atoms with Crippen molar-refractivity contribution in [2.75, 3.05) is 13.1 Å². The van der Waals surface area contributed by atoms with E-state index in [-0.39, 0.29) is 18.3 Å². The van der Waals surface area contributed by atoms with Crippen LogP contribution >= 0.6 is 24.0 Å². The molecule has 24 heavy (non-hydrogen) atoms. The molecule has 0 aliphatic carbocycles. The van der Waals surface area contributed by atoms with Gasteiger partial charge in [-0.1, -0.05) is 23.7 Å². The molecule has 2 fully saturated rings. The van der Waals surface area contributed by atoms with Gasteiger partial charge in [-0.05, 0) is 37.5 Å². The van der Waals surface area contributed by atoms with Crippen LogP contribution in [0.15, 0.2) is 30.3 Å². The summed E-state index contributed by atoms with van der Waals surface area (Å²) in [5, 5.41) is 11.4. The van der Waals surface area contributed by atoms with Crippen LogP contribution in [0.3, 0.4) is 0 Å². The van der Waals surface area contributed by atoms with Crippen LogP contribution in [0.4, 0.5) is 0 Å². The number of benzene rings is 1. The van der Waals surface area contributed by atoms with Gasteiger partial charge in [0.05, 0.1) is 5.69 Å². The van der Waals surface area contributed by atoms with E-state index >= 15 is 0 Å². The summed E-state index contributed by atoms with van der Waals surface area (Å²) < 4.78 is 0. The lowest BCUT2D eigenvalue weighted by Gasteiger charge is -2.23. The number of carbonyl (C=O) groups is 1. The third-order valence-corrected chi connectivity index (χ3v) is 5.01. The molecule has 1 amide bonds. The van der Waals surface area contributed by atoms with Crippen LogP contribution in [0, 0.1) is 0 Å². The van der Waals surface area contributed by atoms with Crippen molar-refractivity contribution >= 4 is 29.9 Å². The SMILES string of the molecule is Cl.O=C(c1cc(-c2ccc(Cl)cc2)n[nH]1)N1CCC2CCC(C1)N2. The number of H-pyrrole nitrogens is 1. The maximum absolute atomic E-state index is 12.7. The van der Waals surface area contributed by atoms with E-state index in [0.717, 1.165) is 37.2 Å². The van der Waals surface area contributed by atoms with Gasteiger partial charge in [0.2, 0.25) is 0 Å². The van der Waals surface area contributed by atoms with Crippen LogP contribution in [0.25, 0.3) is 11.3 Å². The Morgan fingerprint density at radius 1 is 1.17 bits per heavy atom. The number of hydrogen-bond donors (Lipinski definition) is 2. The second-order valence-electron chi connectivity index (χ2n) is 6.35. The number of hydrogen-bond acceptors (Lipinski definition) is 3. The van der Waals surface area contributed by atoms with Crippen LogP contribution < -0.4 is 5.32 Å². The number of likely N-dealkylation sites (tertiary alicyclic amines) is 1. The molecule has 2 unspecified atom stereocenters. The molecule has 5 nitrogen and oxygen atoms in total. The molecule has 4 rings (SSSR count). The van der Waals surface area contributed by atoms with Crippen molar-refractivity contribution in [1.29, 1.82) is 0 Å². The Bertz CT molecular complexity index is 716. The predicted octanol–water partition coefficient (Wildman–Crippen LogP) is 3.12. The lowest BCUT2D eigenvalue weighted by Crippen LogP contribution is -2.39. The molecule has 0 radical (unpaired) electrons. The van der Waals surface area contributed by atoms with Crippen molar-refractivity contribution in [2.45, 2.75) is 31.3 Å². The van der Waals surface area contributed by atoms with Crippen molar-refractivity contribution in [2.24, 2.45) is 0 Å². The Labute approximate surface area is 152 Å². The first-order valence-electron chi connectivity index (χ1n) is 8.06. The molecule has 3 heterocycles. The molecule has 1 aromatic heterocycles. The van der Waals surface area contributed by atoms with E-state index < -0.39 is 0 Å². The Balaban J connectivity index is 0.00000169. The second kappa shape index (κ2) is 7.13. The Morgan fingerprint density at radius 3 is 2.71 bits per heavy atom. The van der Waals surface area contributed by atoms with Crippen LogP contribution in [0.2, 0.25) is 5.02 Å². The number of aromatic amines is 1. The number of carbonyl (C=O) groups excluding carboxylic acids is 1. The van der Waals surface area contributed by atoms with Gasteiger partial charge in [-0.3, -0.25) is 9.89 Å². The lowest BCUT2D eigenvalue weighted by atomic mass is 10.1. The summed E-state index contributed by atoms with van der Waals surface area (Å²) in [6, 6.07) is 10.3. The molecule has 2 N–H and O–H groups in total. The standard InChI is InChI=1S/C17H19ClN4O.ClH/c18-12-3-1-11(2-4-12)15-9-16(21-20-15)17(23)22-8-7-13-5-6-14(10-22)19-13;/h1-4,9,13-14,19H,5-8,10H2,(H,20,21);1H. The molecule has 0 spiro atoms. The quantitative estimate of drug-likeness (QED) is 0.858. The molecule has 2 aromatic rings. The molecule has 0 saturated carbocycles. The zero-order chi connectivity index (χ0) is 15.8. The third-order valence-electron chi connectivity index (χ3n) is 4.76. The Hall–Kier alpha value is -1.56. The van der Waals surface area contributed by atoms with Gasteiger partial charge < -0.3 is 10.2 Å². The van der Waals surface area contributed by atoms with Crippen LogP contribution in [0.1, 0.15) is 29.8 Å². The Kier molecular flexibility index (Phi) is 5.13. The summed E-state index contributed by atoms with van der Waals surface area (Å²) in [7, 11) is 0. The summed E-state index contributed by atoms with van der Waals surface area (Å²) in [5.41, 5.74) is 2.26. The molecule has 2 saturated heterocycles. The molecule has 2 aliphatic rings. The summed E-state index contributed by atoms with van der Waals surface area (Å²) >= 11 is 5.91. The summed E-state index contributed by atoms with van der Waals surface area (Å²) in [6.07, 6.45) is 3.42. The van der Waals surface area contributed by atoms with E-state index in [1.807, 2.05) is 35.2 Å². The number of fused-ring (bicyclic) bond motifs is 2. The molecular formula is C17H20Cl2N4O. The smallest absolute Gasteiger partial charge is 0.271 e. The van der Waals surface area contributed by atoms with Gasteiger partial charge in [0.1, 0.15) is 5.69 Å². The molecular weight excluding hydrogens is 347 g/mol. The maximum Gasteiger partial charge on any atom is 0.271 e. The van der Waals surface area contributed by atoms with Gasteiger partial charge in [0.15, 0.2) is 0 Å². The molecule has 1 aromatic carbocycles. The highest BCUT2D eigenvalue weighted by Gasteiger charge is 2.31. The minimum atomic E-state index is 0. The predicted molar refractivity (Wildman–Crippen MR) is 96.7 cm³/mol. The van der Waals surface area contributed by atoms with Gasteiger partial charge >= 0.3 is 0 Å². The topological polar surface area (TPSA) is 61.0 Å². The Morgan fingerprint density at radius 2 is 1.92 bits per heavy atom. The van der Waals surface area contributed by atoms with E-state index in [4.69, 9.17) is 11.6 Å². The van der Waals surface area contributed by atoms with Gasteiger partial charge in [-0.2, -0.15) is 5.10 Å². The average Bonchev–Trinajstić information content (AvgIpc) is 3.14. The van der Waals surface area contributed by atoms with Gasteiger partial charge in [0.25, 0.3) is 5.91 Å². The largest absolute Gasteiger partial charge is 0.336 e. The van der Waals surface area contributed by atoms with E-state index in [2.05, 4.69) is 15.5 Å². The first-order chi connectivity index (χ1) is 11.2. The van der Waals surface area contributed by atoms with Crippen molar-refractivity contribution in [3.05, 3.63) is 41.0 Å². The summed E-state index contributed by atoms with van der Waals surface area (Å²) in [6.45, 7) is 1.59. The monoisotopic (exact) mass is 366 g/mol.